The number of rotatable bonds is 1. The van der Waals surface area contributed by atoms with Gasteiger partial charge in [-0.2, -0.15) is 16.9 Å². The Morgan fingerprint density at radius 2 is 2.37 bits per heavy atom. The molecule has 0 radical (unpaired) electrons. The second kappa shape index (κ2) is 4.77. The number of carbonyl (C=O) groups excluding carboxylic acids is 1. The third-order valence-electron chi connectivity index (χ3n) is 3.48. The Hall–Kier alpha value is -1.69. The Morgan fingerprint density at radius 3 is 3.21 bits per heavy atom. The maximum absolute atomic E-state index is 11.9. The van der Waals surface area contributed by atoms with Crippen LogP contribution in [0, 0.1) is 6.92 Å². The van der Waals surface area contributed by atoms with Crippen LogP contribution in [0.25, 0.3) is 0 Å². The number of hydrogen-bond donors (Lipinski definition) is 2. The van der Waals surface area contributed by atoms with Gasteiger partial charge < -0.3 is 10.6 Å². The zero-order chi connectivity index (χ0) is 13.4. The summed E-state index contributed by atoms with van der Waals surface area (Å²) in [6.07, 6.45) is 0. The van der Waals surface area contributed by atoms with Crippen LogP contribution in [-0.4, -0.2) is 40.7 Å². The number of amides is 1. The van der Waals surface area contributed by atoms with Gasteiger partial charge in [0.1, 0.15) is 6.04 Å². The summed E-state index contributed by atoms with van der Waals surface area (Å²) in [6.45, 7) is 2.87. The summed E-state index contributed by atoms with van der Waals surface area (Å²) in [6, 6.07) is 5.67. The summed E-state index contributed by atoms with van der Waals surface area (Å²) in [5.74, 6) is 2.64. The maximum atomic E-state index is 11.9. The fourth-order valence-corrected chi connectivity index (χ4v) is 3.46. The van der Waals surface area contributed by atoms with E-state index in [1.807, 2.05) is 25.1 Å². The van der Waals surface area contributed by atoms with Crippen molar-refractivity contribution in [3.8, 4) is 0 Å². The van der Waals surface area contributed by atoms with Crippen LogP contribution >= 0.6 is 11.8 Å². The maximum Gasteiger partial charge on any atom is 0.263 e. The van der Waals surface area contributed by atoms with Crippen LogP contribution in [0.5, 0.6) is 0 Å². The largest absolute Gasteiger partial charge is 0.399 e. The highest BCUT2D eigenvalue weighted by atomic mass is 32.2. The van der Waals surface area contributed by atoms with E-state index in [9.17, 15) is 4.79 Å². The van der Waals surface area contributed by atoms with Crippen molar-refractivity contribution in [3.05, 3.63) is 29.3 Å². The number of amidine groups is 1. The molecule has 3 rings (SSSR count). The van der Waals surface area contributed by atoms with E-state index >= 15 is 0 Å². The van der Waals surface area contributed by atoms with E-state index in [4.69, 9.17) is 5.73 Å². The highest BCUT2D eigenvalue weighted by Gasteiger charge is 2.35. The first-order chi connectivity index (χ1) is 9.16. The molecule has 1 amide bonds. The average Bonchev–Trinajstić information content (AvgIpc) is 2.43. The van der Waals surface area contributed by atoms with Gasteiger partial charge in [-0.25, -0.2) is 5.43 Å². The summed E-state index contributed by atoms with van der Waals surface area (Å²) in [4.78, 5) is 14.0. The third kappa shape index (κ3) is 2.16. The number of nitrogens with one attached hydrogen (secondary N) is 1. The monoisotopic (exact) mass is 276 g/mol. The van der Waals surface area contributed by atoms with Gasteiger partial charge in [0.05, 0.1) is 0 Å². The van der Waals surface area contributed by atoms with Crippen molar-refractivity contribution in [3.63, 3.8) is 0 Å². The van der Waals surface area contributed by atoms with E-state index in [2.05, 4.69) is 15.4 Å². The lowest BCUT2D eigenvalue weighted by Crippen LogP contribution is -2.57. The van der Waals surface area contributed by atoms with E-state index in [0.717, 1.165) is 35.0 Å². The normalized spacial score (nSPS) is 22.6. The van der Waals surface area contributed by atoms with Gasteiger partial charge in [0, 0.05) is 29.3 Å². The topological polar surface area (TPSA) is 70.7 Å². The van der Waals surface area contributed by atoms with E-state index < -0.39 is 0 Å². The highest BCUT2D eigenvalue weighted by molar-refractivity contribution is 7.99. The molecule has 2 aliphatic heterocycles. The first-order valence-corrected chi connectivity index (χ1v) is 7.41. The molecule has 5 nitrogen and oxygen atoms in total. The Bertz CT molecular complexity index is 558. The van der Waals surface area contributed by atoms with Crippen LogP contribution in [0.3, 0.4) is 0 Å². The Balaban J connectivity index is 2.03. The molecule has 0 aliphatic carbocycles. The molecule has 6 heteroatoms. The number of hydrogen-bond acceptors (Lipinski definition) is 5. The molecule has 0 aromatic heterocycles. The first kappa shape index (κ1) is 12.3. The van der Waals surface area contributed by atoms with Gasteiger partial charge in [0.15, 0.2) is 5.84 Å². The second-order valence-electron chi connectivity index (χ2n) is 4.77. The fourth-order valence-electron chi connectivity index (χ4n) is 2.42. The minimum Gasteiger partial charge on any atom is -0.399 e. The molecule has 1 atom stereocenters. The molecule has 0 saturated carbocycles. The molecule has 100 valence electrons. The summed E-state index contributed by atoms with van der Waals surface area (Å²) >= 11 is 1.81. The Labute approximate surface area is 116 Å². The molecule has 2 aliphatic rings. The summed E-state index contributed by atoms with van der Waals surface area (Å²) in [7, 11) is 0. The molecule has 1 aromatic rings. The van der Waals surface area contributed by atoms with Crippen LogP contribution < -0.4 is 11.2 Å². The molecule has 1 aromatic carbocycles. The van der Waals surface area contributed by atoms with Gasteiger partial charge in [0.2, 0.25) is 0 Å². The third-order valence-corrected chi connectivity index (χ3v) is 4.50. The molecule has 1 saturated heterocycles. The van der Waals surface area contributed by atoms with Gasteiger partial charge in [-0.05, 0) is 24.6 Å². The molecule has 1 unspecified atom stereocenters. The number of nitrogens with two attached hydrogens (primary N) is 1. The number of benzene rings is 1. The van der Waals surface area contributed by atoms with Crippen molar-refractivity contribution < 1.29 is 4.79 Å². The number of carbonyl (C=O) groups is 1. The lowest BCUT2D eigenvalue weighted by Gasteiger charge is -2.39. The predicted octanol–water partition coefficient (Wildman–Crippen LogP) is 0.786. The smallest absolute Gasteiger partial charge is 0.263 e. The van der Waals surface area contributed by atoms with Crippen molar-refractivity contribution in [1.82, 2.24) is 10.3 Å². The van der Waals surface area contributed by atoms with E-state index in [1.165, 1.54) is 0 Å². The Morgan fingerprint density at radius 1 is 1.53 bits per heavy atom. The zero-order valence-electron chi connectivity index (χ0n) is 10.7. The van der Waals surface area contributed by atoms with Crippen LogP contribution in [-0.2, 0) is 4.79 Å². The van der Waals surface area contributed by atoms with Gasteiger partial charge in [-0.1, -0.05) is 6.07 Å². The van der Waals surface area contributed by atoms with Crippen molar-refractivity contribution in [2.75, 3.05) is 23.8 Å². The quantitative estimate of drug-likeness (QED) is 0.744. The van der Waals surface area contributed by atoms with Crippen LogP contribution in [0.15, 0.2) is 23.3 Å². The van der Waals surface area contributed by atoms with Gasteiger partial charge in [0.25, 0.3) is 5.91 Å². The molecule has 0 spiro atoms. The van der Waals surface area contributed by atoms with E-state index in [0.29, 0.717) is 5.69 Å². The minimum atomic E-state index is -0.118. The number of fused-ring (bicyclic) bond motifs is 1. The highest BCUT2D eigenvalue weighted by Crippen LogP contribution is 2.24. The lowest BCUT2D eigenvalue weighted by atomic mass is 10.0. The molecule has 0 bridgehead atoms. The molecule has 1 fully saturated rings. The first-order valence-electron chi connectivity index (χ1n) is 6.25. The van der Waals surface area contributed by atoms with Gasteiger partial charge in [-0.15, -0.1) is 0 Å². The van der Waals surface area contributed by atoms with Gasteiger partial charge >= 0.3 is 0 Å². The number of nitrogens with zero attached hydrogens (tertiary/aromatic N) is 2. The zero-order valence-corrected chi connectivity index (χ0v) is 11.5. The SMILES string of the molecule is Cc1ccc(N)cc1C1=NNC(=O)C2CSCCN12. The van der Waals surface area contributed by atoms with E-state index in [1.54, 1.807) is 11.8 Å². The minimum absolute atomic E-state index is 0.0162. The number of anilines is 1. The predicted molar refractivity (Wildman–Crippen MR) is 78.1 cm³/mol. The van der Waals surface area contributed by atoms with Crippen LogP contribution in [0.4, 0.5) is 5.69 Å². The van der Waals surface area contributed by atoms with Crippen molar-refractivity contribution in [1.29, 1.82) is 0 Å². The number of aryl methyl sites for hydroxylation is 1. The molecular formula is C13H16N4OS. The van der Waals surface area contributed by atoms with Crippen molar-refractivity contribution >= 4 is 29.2 Å². The molecule has 3 N–H and O–H groups in total. The van der Waals surface area contributed by atoms with Crippen LogP contribution in [0.1, 0.15) is 11.1 Å². The average molecular weight is 276 g/mol. The van der Waals surface area contributed by atoms with Gasteiger partial charge in [-0.3, -0.25) is 4.79 Å². The second-order valence-corrected chi connectivity index (χ2v) is 5.92. The van der Waals surface area contributed by atoms with Crippen molar-refractivity contribution in [2.24, 2.45) is 5.10 Å². The van der Waals surface area contributed by atoms with Crippen molar-refractivity contribution in [2.45, 2.75) is 13.0 Å². The Kier molecular flexibility index (Phi) is 3.10. The standard InChI is InChI=1S/C13H16N4OS/c1-8-2-3-9(14)6-10(8)12-15-16-13(18)11-7-19-5-4-17(11)12/h2-3,6,11H,4-5,7,14H2,1H3,(H,16,18). The number of thioether (sulfide) groups is 1. The molecule has 19 heavy (non-hydrogen) atoms. The number of nitrogen functional groups attached to an aromatic ring is 1. The molecular weight excluding hydrogens is 260 g/mol. The lowest BCUT2D eigenvalue weighted by molar-refractivity contribution is -0.125. The van der Waals surface area contributed by atoms with E-state index in [-0.39, 0.29) is 11.9 Å². The molecule has 2 heterocycles. The summed E-state index contributed by atoms with van der Waals surface area (Å²) in [5.41, 5.74) is 11.3. The summed E-state index contributed by atoms with van der Waals surface area (Å²) < 4.78 is 0. The van der Waals surface area contributed by atoms with Crippen LogP contribution in [0.2, 0.25) is 0 Å². The fraction of sp³-hybridized carbons (Fsp3) is 0.385. The summed E-state index contributed by atoms with van der Waals surface area (Å²) in [5, 5.41) is 4.25. The number of hydrazone groups is 1.